The average Bonchev–Trinajstić information content (AvgIpc) is 3.62. The molecule has 0 aliphatic carbocycles. The minimum absolute atomic E-state index is 0.161. The monoisotopic (exact) mass is 726 g/mol. The third-order valence-electron chi connectivity index (χ3n) is 12.2. The van der Waals surface area contributed by atoms with Crippen molar-refractivity contribution in [2.45, 2.75) is 0 Å². The van der Waals surface area contributed by atoms with Crippen LogP contribution in [-0.4, -0.2) is 62.8 Å². The molecule has 9 heteroatoms. The molecule has 11 rings (SSSR count). The molecule has 1 aromatic heterocycles. The van der Waals surface area contributed by atoms with E-state index in [1.807, 2.05) is 42.5 Å². The van der Waals surface area contributed by atoms with Gasteiger partial charge < -0.3 is 4.42 Å². The number of furan rings is 1. The first-order chi connectivity index (χ1) is 28.6. The molecule has 0 atom stereocenters. The van der Waals surface area contributed by atoms with E-state index in [4.69, 9.17) is 67.2 Å². The zero-order chi connectivity index (χ0) is 40.4. The van der Waals surface area contributed by atoms with Crippen LogP contribution in [0, 0.1) is 0 Å². The van der Waals surface area contributed by atoms with Gasteiger partial charge in [0.25, 0.3) is 0 Å². The Kier molecular flexibility index (Phi) is 8.02. The van der Waals surface area contributed by atoms with Crippen LogP contribution in [0.3, 0.4) is 0 Å². The second-order valence-electron chi connectivity index (χ2n) is 15.3. The largest absolute Gasteiger partial charge is 0.456 e. The van der Waals surface area contributed by atoms with Crippen molar-refractivity contribution in [1.82, 2.24) is 0 Å². The van der Waals surface area contributed by atoms with E-state index in [0.29, 0.717) is 32.7 Å². The van der Waals surface area contributed by atoms with Crippen molar-refractivity contribution < 1.29 is 4.42 Å². The second kappa shape index (κ2) is 13.2. The van der Waals surface area contributed by atoms with Gasteiger partial charge in [-0.15, -0.1) is 21.9 Å². The summed E-state index contributed by atoms with van der Waals surface area (Å²) in [5.41, 5.74) is 8.18. The Morgan fingerprint density at radius 1 is 0.288 bits per heavy atom. The molecule has 16 radical (unpaired) electrons. The molecule has 0 fully saturated rings. The molecule has 0 bridgehead atoms. The third-order valence-corrected chi connectivity index (χ3v) is 12.2. The van der Waals surface area contributed by atoms with Gasteiger partial charge in [0.2, 0.25) is 0 Å². The zero-order valence-electron chi connectivity index (χ0n) is 31.7. The van der Waals surface area contributed by atoms with Crippen molar-refractivity contribution in [3.63, 3.8) is 0 Å². The molecule has 0 unspecified atom stereocenters. The molecular formula is C50H22B8O. The Bertz CT molecular complexity index is 3580. The number of fused-ring (bicyclic) bond motifs is 8. The minimum atomic E-state index is 0.161. The van der Waals surface area contributed by atoms with Gasteiger partial charge in [0, 0.05) is 10.8 Å². The molecule has 10 aromatic carbocycles. The van der Waals surface area contributed by atoms with Crippen LogP contribution in [0.1, 0.15) is 0 Å². The molecule has 0 aliphatic rings. The van der Waals surface area contributed by atoms with E-state index in [1.165, 1.54) is 0 Å². The lowest BCUT2D eigenvalue weighted by molar-refractivity contribution is 0.669. The van der Waals surface area contributed by atoms with Crippen LogP contribution in [-0.2, 0) is 0 Å². The molecule has 59 heavy (non-hydrogen) atoms. The van der Waals surface area contributed by atoms with Gasteiger partial charge in [0.05, 0.1) is 0 Å². The molecule has 1 nitrogen and oxygen atoms in total. The molecule has 11 aromatic rings. The van der Waals surface area contributed by atoms with Crippen molar-refractivity contribution in [3.05, 3.63) is 133 Å². The van der Waals surface area contributed by atoms with Gasteiger partial charge in [-0.25, -0.2) is 0 Å². The number of hydrogen-bond donors (Lipinski definition) is 0. The van der Waals surface area contributed by atoms with Crippen LogP contribution in [0.2, 0.25) is 0 Å². The van der Waals surface area contributed by atoms with Crippen molar-refractivity contribution in [2.24, 2.45) is 0 Å². The maximum Gasteiger partial charge on any atom is 0.136 e. The van der Waals surface area contributed by atoms with Gasteiger partial charge in [0.1, 0.15) is 73.9 Å². The third kappa shape index (κ3) is 5.10. The first-order valence-electron chi connectivity index (χ1n) is 19.2. The first kappa shape index (κ1) is 35.9. The molecule has 0 aliphatic heterocycles. The van der Waals surface area contributed by atoms with Gasteiger partial charge in [-0.05, 0) is 112 Å². The van der Waals surface area contributed by atoms with Crippen LogP contribution in [0.25, 0.3) is 109 Å². The van der Waals surface area contributed by atoms with E-state index in [0.717, 1.165) is 76.5 Å². The van der Waals surface area contributed by atoms with Crippen LogP contribution >= 0.6 is 0 Å². The van der Waals surface area contributed by atoms with Gasteiger partial charge in [-0.2, -0.15) is 0 Å². The van der Waals surface area contributed by atoms with Crippen LogP contribution < -0.4 is 43.7 Å². The Balaban J connectivity index is 1.31. The predicted molar refractivity (Wildman–Crippen MR) is 261 cm³/mol. The highest BCUT2D eigenvalue weighted by Crippen LogP contribution is 2.46. The fourth-order valence-corrected chi connectivity index (χ4v) is 9.33. The Hall–Kier alpha value is -6.18. The Morgan fingerprint density at radius 3 is 1.37 bits per heavy atom. The Labute approximate surface area is 351 Å². The molecular weight excluding hydrogens is 703 g/mol. The molecule has 0 N–H and O–H groups in total. The quantitative estimate of drug-likeness (QED) is 0.190. The molecule has 0 saturated carbocycles. The smallest absolute Gasteiger partial charge is 0.136 e. The van der Waals surface area contributed by atoms with Gasteiger partial charge in [-0.1, -0.05) is 131 Å². The van der Waals surface area contributed by atoms with E-state index >= 15 is 0 Å². The average molecular weight is 725 g/mol. The van der Waals surface area contributed by atoms with E-state index in [9.17, 15) is 0 Å². The summed E-state index contributed by atoms with van der Waals surface area (Å²) in [5, 5.41) is 10.5. The summed E-state index contributed by atoms with van der Waals surface area (Å²) < 4.78 is 6.40. The summed E-state index contributed by atoms with van der Waals surface area (Å²) in [6.07, 6.45) is 0. The van der Waals surface area contributed by atoms with E-state index < -0.39 is 0 Å². The zero-order valence-corrected chi connectivity index (χ0v) is 31.7. The van der Waals surface area contributed by atoms with E-state index in [-0.39, 0.29) is 43.7 Å². The van der Waals surface area contributed by atoms with Crippen LogP contribution in [0.5, 0.6) is 0 Å². The maximum atomic E-state index is 7.15. The number of benzene rings is 10. The van der Waals surface area contributed by atoms with Crippen molar-refractivity contribution in [2.75, 3.05) is 0 Å². The Morgan fingerprint density at radius 2 is 0.746 bits per heavy atom. The maximum absolute atomic E-state index is 7.15. The van der Waals surface area contributed by atoms with E-state index in [1.54, 1.807) is 0 Å². The highest BCUT2D eigenvalue weighted by Gasteiger charge is 2.26. The molecule has 0 saturated heterocycles. The molecule has 0 amide bonds. The fraction of sp³-hybridized carbons (Fsp3) is 0. The number of rotatable bonds is 3. The standard InChI is InChI=1S/C50H22B8O/c51-43-39-37(26-16-19-35-33(21-26)34-20-24-9-1-2-10-25(24)22-36(34)59-35)40-42(46(54)50(58)48(56)44(40)52)38(41(39)45(53)49(57)47(43)55)32-18-17-31(29-13-5-6-14-30(29)32)28-15-7-11-23-8-3-4-12-27(23)28/h1-22H. The highest BCUT2D eigenvalue weighted by atomic mass is 16.3. The van der Waals surface area contributed by atoms with Gasteiger partial charge in [-0.3, -0.25) is 0 Å². The topological polar surface area (TPSA) is 13.1 Å². The number of hydrogen-bond acceptors (Lipinski definition) is 1. The fourth-order valence-electron chi connectivity index (χ4n) is 9.33. The van der Waals surface area contributed by atoms with Gasteiger partial charge in [0.15, 0.2) is 0 Å². The van der Waals surface area contributed by atoms with Crippen LogP contribution in [0.15, 0.2) is 138 Å². The summed E-state index contributed by atoms with van der Waals surface area (Å²) in [6, 6.07) is 45.6. The van der Waals surface area contributed by atoms with E-state index in [2.05, 4.69) is 91.0 Å². The molecule has 1 heterocycles. The normalized spacial score (nSPS) is 11.9. The minimum Gasteiger partial charge on any atom is -0.456 e. The lowest BCUT2D eigenvalue weighted by atomic mass is 9.59. The molecule has 0 spiro atoms. The van der Waals surface area contributed by atoms with Gasteiger partial charge >= 0.3 is 0 Å². The molecule has 252 valence electrons. The SMILES string of the molecule is [B]c1c([B])c([B])c2c(-c3ccc(-c4cccc5ccccc45)c4ccccc34)c3c([B])c([B])c([B])c([B])c3c(-c3ccc4oc5cc6ccccc6cc5c4c3)c2c1[B]. The van der Waals surface area contributed by atoms with Crippen LogP contribution in [0.4, 0.5) is 0 Å². The van der Waals surface area contributed by atoms with Crippen molar-refractivity contribution >= 4 is 182 Å². The summed E-state index contributed by atoms with van der Waals surface area (Å²) in [5.74, 6) is 0. The van der Waals surface area contributed by atoms with Crippen molar-refractivity contribution in [1.29, 1.82) is 0 Å². The second-order valence-corrected chi connectivity index (χ2v) is 15.3. The lowest BCUT2D eigenvalue weighted by Crippen LogP contribution is -2.50. The predicted octanol–water partition coefficient (Wildman–Crippen LogP) is 4.70. The summed E-state index contributed by atoms with van der Waals surface area (Å²) in [7, 11) is 55.5. The highest BCUT2D eigenvalue weighted by molar-refractivity contribution is 6.71. The summed E-state index contributed by atoms with van der Waals surface area (Å²) in [6.45, 7) is 0. The van der Waals surface area contributed by atoms with Crippen molar-refractivity contribution in [3.8, 4) is 33.4 Å². The summed E-state index contributed by atoms with van der Waals surface area (Å²) in [4.78, 5) is 0. The lowest BCUT2D eigenvalue weighted by Gasteiger charge is -2.29. The first-order valence-corrected chi connectivity index (χ1v) is 19.2. The summed E-state index contributed by atoms with van der Waals surface area (Å²) >= 11 is 0.